The molecule has 0 unspecified atom stereocenters. The van der Waals surface area contributed by atoms with Crippen LogP contribution in [-0.2, 0) is 4.79 Å². The lowest BCUT2D eigenvalue weighted by Gasteiger charge is -2.02. The summed E-state index contributed by atoms with van der Waals surface area (Å²) in [5.74, 6) is 0.0312. The Morgan fingerprint density at radius 3 is 3.08 bits per heavy atom. The maximum atomic E-state index is 11.0. The third kappa shape index (κ3) is 2.92. The van der Waals surface area contributed by atoms with Crippen molar-refractivity contribution in [1.82, 2.24) is 5.32 Å². The summed E-state index contributed by atoms with van der Waals surface area (Å²) < 4.78 is 0. The normalized spacial score (nSPS) is 9.42. The molecule has 0 saturated heterocycles. The zero-order valence-electron chi connectivity index (χ0n) is 6.96. The lowest BCUT2D eigenvalue weighted by atomic mass is 10.5. The van der Waals surface area contributed by atoms with Crippen molar-refractivity contribution in [3.05, 3.63) is 16.8 Å². The molecule has 0 aliphatic heterocycles. The van der Waals surface area contributed by atoms with Gasteiger partial charge in [0, 0.05) is 17.6 Å². The van der Waals surface area contributed by atoms with Crippen molar-refractivity contribution in [2.45, 2.75) is 6.92 Å². The van der Waals surface area contributed by atoms with Crippen molar-refractivity contribution in [2.24, 2.45) is 0 Å². The molecule has 3 nitrogen and oxygen atoms in total. The average Bonchev–Trinajstić information content (AvgIpc) is 2.53. The van der Waals surface area contributed by atoms with Crippen LogP contribution in [0, 0.1) is 0 Å². The Hall–Kier alpha value is -1.03. The molecule has 0 spiro atoms. The number of carbonyl (C=O) groups is 1. The van der Waals surface area contributed by atoms with Crippen LogP contribution in [0.1, 0.15) is 6.92 Å². The topological polar surface area (TPSA) is 41.1 Å². The molecule has 12 heavy (non-hydrogen) atoms. The third-order valence-electron chi connectivity index (χ3n) is 1.35. The minimum atomic E-state index is 0.0312. The minimum absolute atomic E-state index is 0.0312. The predicted molar refractivity (Wildman–Crippen MR) is 51.5 cm³/mol. The Labute approximate surface area is 75.8 Å². The molecule has 0 bridgehead atoms. The monoisotopic (exact) mass is 184 g/mol. The minimum Gasteiger partial charge on any atom is -0.375 e. The van der Waals surface area contributed by atoms with Crippen LogP contribution in [0.4, 0.5) is 5.69 Å². The molecule has 1 aromatic heterocycles. The van der Waals surface area contributed by atoms with Gasteiger partial charge in [0.05, 0.1) is 6.54 Å². The van der Waals surface area contributed by atoms with Crippen molar-refractivity contribution in [3.8, 4) is 0 Å². The molecule has 0 saturated carbocycles. The molecule has 0 aliphatic carbocycles. The first-order chi connectivity index (χ1) is 5.83. The first-order valence-electron chi connectivity index (χ1n) is 3.85. The maximum absolute atomic E-state index is 11.0. The highest BCUT2D eigenvalue weighted by Crippen LogP contribution is 2.10. The second-order valence-electron chi connectivity index (χ2n) is 2.32. The molecular formula is C8H12N2OS. The van der Waals surface area contributed by atoms with Gasteiger partial charge in [-0.1, -0.05) is 0 Å². The van der Waals surface area contributed by atoms with Gasteiger partial charge in [0.2, 0.25) is 5.91 Å². The van der Waals surface area contributed by atoms with Crippen LogP contribution in [0.15, 0.2) is 16.8 Å². The van der Waals surface area contributed by atoms with E-state index in [-0.39, 0.29) is 5.91 Å². The summed E-state index contributed by atoms with van der Waals surface area (Å²) in [4.78, 5) is 11.0. The highest BCUT2D eigenvalue weighted by Gasteiger charge is 1.97. The van der Waals surface area contributed by atoms with Crippen LogP contribution >= 0.6 is 11.3 Å². The molecule has 1 rings (SSSR count). The summed E-state index contributed by atoms with van der Waals surface area (Å²) >= 11 is 1.61. The number of nitrogens with one attached hydrogen (secondary N) is 2. The molecule has 2 N–H and O–H groups in total. The number of thiophene rings is 1. The Balaban J connectivity index is 2.22. The predicted octanol–water partition coefficient (Wildman–Crippen LogP) is 1.30. The van der Waals surface area contributed by atoms with Crippen molar-refractivity contribution >= 4 is 22.9 Å². The number of anilines is 1. The molecule has 0 atom stereocenters. The summed E-state index contributed by atoms with van der Waals surface area (Å²) in [6.45, 7) is 2.94. The van der Waals surface area contributed by atoms with E-state index in [1.54, 1.807) is 11.3 Å². The van der Waals surface area contributed by atoms with Gasteiger partial charge < -0.3 is 10.6 Å². The highest BCUT2D eigenvalue weighted by molar-refractivity contribution is 7.08. The standard InChI is InChI=1S/C8H12N2OS/c1-2-9-8(11)5-10-7-3-4-12-6-7/h3-4,6,10H,2,5H2,1H3,(H,9,11). The molecule has 1 amide bonds. The summed E-state index contributed by atoms with van der Waals surface area (Å²) in [7, 11) is 0. The fourth-order valence-corrected chi connectivity index (χ4v) is 1.42. The van der Waals surface area contributed by atoms with Crippen LogP contribution < -0.4 is 10.6 Å². The number of hydrogen-bond donors (Lipinski definition) is 2. The summed E-state index contributed by atoms with van der Waals surface area (Å²) in [6, 6.07) is 1.95. The summed E-state index contributed by atoms with van der Waals surface area (Å²) in [6.07, 6.45) is 0. The summed E-state index contributed by atoms with van der Waals surface area (Å²) in [5, 5.41) is 9.66. The average molecular weight is 184 g/mol. The number of rotatable bonds is 4. The van der Waals surface area contributed by atoms with Gasteiger partial charge >= 0.3 is 0 Å². The SMILES string of the molecule is CCNC(=O)CNc1ccsc1. The Morgan fingerprint density at radius 1 is 1.67 bits per heavy atom. The Morgan fingerprint density at radius 2 is 2.50 bits per heavy atom. The van der Waals surface area contributed by atoms with E-state index in [1.165, 1.54) is 0 Å². The lowest BCUT2D eigenvalue weighted by molar-refractivity contribution is -0.119. The molecule has 1 aromatic rings. The zero-order chi connectivity index (χ0) is 8.81. The van der Waals surface area contributed by atoms with E-state index in [0.29, 0.717) is 13.1 Å². The van der Waals surface area contributed by atoms with Crippen molar-refractivity contribution in [1.29, 1.82) is 0 Å². The zero-order valence-corrected chi connectivity index (χ0v) is 7.78. The first kappa shape index (κ1) is 9.06. The molecule has 0 aliphatic rings. The Bertz CT molecular complexity index is 233. The molecule has 4 heteroatoms. The second kappa shape index (κ2) is 4.77. The summed E-state index contributed by atoms with van der Waals surface area (Å²) in [5.41, 5.74) is 1.01. The molecule has 0 aromatic carbocycles. The van der Waals surface area contributed by atoms with E-state index in [0.717, 1.165) is 5.69 Å². The van der Waals surface area contributed by atoms with Crippen LogP contribution in [-0.4, -0.2) is 19.0 Å². The van der Waals surface area contributed by atoms with Gasteiger partial charge in [0.1, 0.15) is 0 Å². The fourth-order valence-electron chi connectivity index (χ4n) is 0.807. The van der Waals surface area contributed by atoms with Crippen molar-refractivity contribution in [2.75, 3.05) is 18.4 Å². The number of amides is 1. The van der Waals surface area contributed by atoms with Gasteiger partial charge in [-0.25, -0.2) is 0 Å². The largest absolute Gasteiger partial charge is 0.375 e. The highest BCUT2D eigenvalue weighted by atomic mass is 32.1. The number of hydrogen-bond acceptors (Lipinski definition) is 3. The first-order valence-corrected chi connectivity index (χ1v) is 4.80. The maximum Gasteiger partial charge on any atom is 0.239 e. The van der Waals surface area contributed by atoms with E-state index in [9.17, 15) is 4.79 Å². The fraction of sp³-hybridized carbons (Fsp3) is 0.375. The quantitative estimate of drug-likeness (QED) is 0.740. The van der Waals surface area contributed by atoms with E-state index >= 15 is 0 Å². The van der Waals surface area contributed by atoms with Crippen LogP contribution in [0.2, 0.25) is 0 Å². The van der Waals surface area contributed by atoms with Gasteiger partial charge in [0.15, 0.2) is 0 Å². The molecule has 0 fully saturated rings. The van der Waals surface area contributed by atoms with Gasteiger partial charge in [-0.05, 0) is 18.4 Å². The Kier molecular flexibility index (Phi) is 3.60. The van der Waals surface area contributed by atoms with E-state index < -0.39 is 0 Å². The van der Waals surface area contributed by atoms with E-state index in [2.05, 4.69) is 10.6 Å². The third-order valence-corrected chi connectivity index (χ3v) is 2.03. The molecule has 1 heterocycles. The number of likely N-dealkylation sites (N-methyl/N-ethyl adjacent to an activating group) is 1. The van der Waals surface area contributed by atoms with Crippen molar-refractivity contribution < 1.29 is 4.79 Å². The van der Waals surface area contributed by atoms with E-state index in [4.69, 9.17) is 0 Å². The van der Waals surface area contributed by atoms with Crippen LogP contribution in [0.5, 0.6) is 0 Å². The lowest BCUT2D eigenvalue weighted by Crippen LogP contribution is -2.29. The molecule has 66 valence electrons. The van der Waals surface area contributed by atoms with Gasteiger partial charge in [0.25, 0.3) is 0 Å². The second-order valence-corrected chi connectivity index (χ2v) is 3.10. The van der Waals surface area contributed by atoms with Gasteiger partial charge in [-0.3, -0.25) is 4.79 Å². The van der Waals surface area contributed by atoms with Crippen molar-refractivity contribution in [3.63, 3.8) is 0 Å². The molecular weight excluding hydrogens is 172 g/mol. The van der Waals surface area contributed by atoms with Crippen LogP contribution in [0.25, 0.3) is 0 Å². The number of carbonyl (C=O) groups excluding carboxylic acids is 1. The molecule has 0 radical (unpaired) electrons. The smallest absolute Gasteiger partial charge is 0.239 e. The van der Waals surface area contributed by atoms with E-state index in [1.807, 2.05) is 23.8 Å². The van der Waals surface area contributed by atoms with Gasteiger partial charge in [-0.15, -0.1) is 0 Å². The van der Waals surface area contributed by atoms with Gasteiger partial charge in [-0.2, -0.15) is 11.3 Å². The van der Waals surface area contributed by atoms with Crippen LogP contribution in [0.3, 0.4) is 0 Å².